The van der Waals surface area contributed by atoms with Crippen LogP contribution in [0.1, 0.15) is 18.4 Å². The van der Waals surface area contributed by atoms with E-state index in [1.54, 1.807) is 7.11 Å². The summed E-state index contributed by atoms with van der Waals surface area (Å²) in [6.07, 6.45) is 1.07. The molecular weight excluding hydrogens is 278 g/mol. The number of methoxy groups -OCH3 is 1. The highest BCUT2D eigenvalue weighted by atomic mass is 16.5. The second-order valence-electron chi connectivity index (χ2n) is 5.02. The molecular formula is C18H21NO3. The third kappa shape index (κ3) is 4.81. The Balaban J connectivity index is 1.75. The van der Waals surface area contributed by atoms with Crippen LogP contribution in [-0.4, -0.2) is 19.6 Å². The summed E-state index contributed by atoms with van der Waals surface area (Å²) in [5, 5.41) is 2.85. The number of anilines is 1. The van der Waals surface area contributed by atoms with Gasteiger partial charge in [-0.3, -0.25) is 4.79 Å². The number of amides is 1. The van der Waals surface area contributed by atoms with Crippen molar-refractivity contribution in [2.75, 3.05) is 19.0 Å². The molecule has 0 saturated carbocycles. The van der Waals surface area contributed by atoms with Gasteiger partial charge in [0.2, 0.25) is 5.91 Å². The van der Waals surface area contributed by atoms with Crippen LogP contribution in [0.5, 0.6) is 11.5 Å². The number of aryl methyl sites for hydroxylation is 1. The molecule has 4 heteroatoms. The first kappa shape index (κ1) is 15.9. The fraction of sp³-hybridized carbons (Fsp3) is 0.278. The van der Waals surface area contributed by atoms with Crippen molar-refractivity contribution in [3.63, 3.8) is 0 Å². The molecule has 0 unspecified atom stereocenters. The van der Waals surface area contributed by atoms with E-state index >= 15 is 0 Å². The van der Waals surface area contributed by atoms with Crippen LogP contribution in [0.4, 0.5) is 5.69 Å². The lowest BCUT2D eigenvalue weighted by molar-refractivity contribution is -0.116. The molecule has 0 aliphatic carbocycles. The minimum absolute atomic E-state index is 0.00833. The maximum absolute atomic E-state index is 11.8. The topological polar surface area (TPSA) is 47.6 Å². The molecule has 4 nitrogen and oxygen atoms in total. The maximum atomic E-state index is 11.8. The minimum Gasteiger partial charge on any atom is -0.493 e. The Hall–Kier alpha value is -2.49. The van der Waals surface area contributed by atoms with E-state index < -0.39 is 0 Å². The average molecular weight is 299 g/mol. The molecule has 0 aromatic heterocycles. The molecule has 1 amide bonds. The van der Waals surface area contributed by atoms with Crippen molar-refractivity contribution in [1.29, 1.82) is 0 Å². The Kier molecular flexibility index (Phi) is 5.83. The Morgan fingerprint density at radius 3 is 2.59 bits per heavy atom. The quantitative estimate of drug-likeness (QED) is 0.791. The van der Waals surface area contributed by atoms with Crippen LogP contribution in [0.2, 0.25) is 0 Å². The van der Waals surface area contributed by atoms with E-state index in [-0.39, 0.29) is 5.91 Å². The average Bonchev–Trinajstić information content (AvgIpc) is 2.53. The first-order valence-electron chi connectivity index (χ1n) is 7.31. The molecule has 0 bridgehead atoms. The second-order valence-corrected chi connectivity index (χ2v) is 5.02. The van der Waals surface area contributed by atoms with Gasteiger partial charge in [0.05, 0.1) is 13.7 Å². The van der Waals surface area contributed by atoms with Crippen molar-refractivity contribution in [1.82, 2.24) is 0 Å². The van der Waals surface area contributed by atoms with E-state index in [1.807, 2.05) is 55.5 Å². The Labute approximate surface area is 131 Å². The van der Waals surface area contributed by atoms with Gasteiger partial charge >= 0.3 is 0 Å². The molecule has 22 heavy (non-hydrogen) atoms. The van der Waals surface area contributed by atoms with Gasteiger partial charge in [-0.1, -0.05) is 24.3 Å². The van der Waals surface area contributed by atoms with Gasteiger partial charge in [-0.2, -0.15) is 0 Å². The summed E-state index contributed by atoms with van der Waals surface area (Å²) in [7, 11) is 1.62. The van der Waals surface area contributed by atoms with Crippen LogP contribution >= 0.6 is 0 Å². The summed E-state index contributed by atoms with van der Waals surface area (Å²) in [6.45, 7) is 2.47. The van der Waals surface area contributed by atoms with Crippen LogP contribution in [-0.2, 0) is 4.79 Å². The van der Waals surface area contributed by atoms with E-state index in [0.29, 0.717) is 30.9 Å². The van der Waals surface area contributed by atoms with Gasteiger partial charge in [0.15, 0.2) is 11.5 Å². The van der Waals surface area contributed by atoms with E-state index in [4.69, 9.17) is 9.47 Å². The van der Waals surface area contributed by atoms with Crippen LogP contribution in [0.3, 0.4) is 0 Å². The predicted molar refractivity (Wildman–Crippen MR) is 87.5 cm³/mol. The number of nitrogens with one attached hydrogen (secondary N) is 1. The lowest BCUT2D eigenvalue weighted by Crippen LogP contribution is -2.12. The fourth-order valence-electron chi connectivity index (χ4n) is 2.06. The lowest BCUT2D eigenvalue weighted by atomic mass is 10.2. The third-order valence-corrected chi connectivity index (χ3v) is 3.18. The zero-order chi connectivity index (χ0) is 15.8. The summed E-state index contributed by atoms with van der Waals surface area (Å²) in [5.41, 5.74) is 1.92. The first-order valence-corrected chi connectivity index (χ1v) is 7.31. The number of carbonyl (C=O) groups is 1. The lowest BCUT2D eigenvalue weighted by Gasteiger charge is -2.11. The molecule has 116 valence electrons. The molecule has 0 spiro atoms. The summed E-state index contributed by atoms with van der Waals surface area (Å²) in [6, 6.07) is 15.2. The zero-order valence-electron chi connectivity index (χ0n) is 13.0. The molecule has 0 aliphatic rings. The number of rotatable bonds is 7. The van der Waals surface area contributed by atoms with Crippen LogP contribution in [0, 0.1) is 6.92 Å². The fourth-order valence-corrected chi connectivity index (χ4v) is 2.06. The second kappa shape index (κ2) is 8.08. The molecule has 2 aromatic rings. The van der Waals surface area contributed by atoms with E-state index in [0.717, 1.165) is 11.3 Å². The molecule has 2 aromatic carbocycles. The summed E-state index contributed by atoms with van der Waals surface area (Å²) in [5.74, 6) is 1.41. The van der Waals surface area contributed by atoms with Crippen molar-refractivity contribution in [2.45, 2.75) is 19.8 Å². The molecule has 0 saturated heterocycles. The van der Waals surface area contributed by atoms with E-state index in [9.17, 15) is 4.79 Å². The van der Waals surface area contributed by atoms with Crippen molar-refractivity contribution in [3.8, 4) is 11.5 Å². The number of carbonyl (C=O) groups excluding carboxylic acids is 1. The van der Waals surface area contributed by atoms with Crippen LogP contribution < -0.4 is 14.8 Å². The highest BCUT2D eigenvalue weighted by Gasteiger charge is 2.06. The summed E-state index contributed by atoms with van der Waals surface area (Å²) >= 11 is 0. The van der Waals surface area contributed by atoms with Gasteiger partial charge < -0.3 is 14.8 Å². The normalized spacial score (nSPS) is 10.1. The number of para-hydroxylation sites is 1. The SMILES string of the molecule is COc1ccc(C)cc1OCCCC(=O)Nc1ccccc1. The third-order valence-electron chi connectivity index (χ3n) is 3.18. The number of benzene rings is 2. The van der Waals surface area contributed by atoms with Gasteiger partial charge in [-0.25, -0.2) is 0 Å². The Bertz CT molecular complexity index is 611. The smallest absolute Gasteiger partial charge is 0.224 e. The number of ether oxygens (including phenoxy) is 2. The van der Waals surface area contributed by atoms with E-state index in [1.165, 1.54) is 0 Å². The van der Waals surface area contributed by atoms with Gasteiger partial charge in [0, 0.05) is 12.1 Å². The monoisotopic (exact) mass is 299 g/mol. The standard InChI is InChI=1S/C18H21NO3/c1-14-10-11-16(21-2)17(13-14)22-12-6-9-18(20)19-15-7-4-3-5-8-15/h3-5,7-8,10-11,13H,6,9,12H2,1-2H3,(H,19,20). The Morgan fingerprint density at radius 2 is 1.86 bits per heavy atom. The number of hydrogen-bond acceptors (Lipinski definition) is 3. The van der Waals surface area contributed by atoms with Gasteiger partial charge in [-0.05, 0) is 43.2 Å². The first-order chi connectivity index (χ1) is 10.7. The van der Waals surface area contributed by atoms with Crippen molar-refractivity contribution in [2.24, 2.45) is 0 Å². The van der Waals surface area contributed by atoms with Crippen LogP contribution in [0.15, 0.2) is 48.5 Å². The van der Waals surface area contributed by atoms with Crippen molar-refractivity contribution < 1.29 is 14.3 Å². The Morgan fingerprint density at radius 1 is 1.09 bits per heavy atom. The molecule has 0 atom stereocenters. The molecule has 0 radical (unpaired) electrons. The molecule has 1 N–H and O–H groups in total. The van der Waals surface area contributed by atoms with E-state index in [2.05, 4.69) is 5.32 Å². The highest BCUT2D eigenvalue weighted by molar-refractivity contribution is 5.90. The van der Waals surface area contributed by atoms with Gasteiger partial charge in [0.1, 0.15) is 0 Å². The van der Waals surface area contributed by atoms with Crippen LogP contribution in [0.25, 0.3) is 0 Å². The largest absolute Gasteiger partial charge is 0.493 e. The highest BCUT2D eigenvalue weighted by Crippen LogP contribution is 2.27. The van der Waals surface area contributed by atoms with Crippen molar-refractivity contribution >= 4 is 11.6 Å². The summed E-state index contributed by atoms with van der Waals surface area (Å²) in [4.78, 5) is 11.8. The summed E-state index contributed by atoms with van der Waals surface area (Å²) < 4.78 is 11.0. The zero-order valence-corrected chi connectivity index (χ0v) is 13.0. The number of hydrogen-bond donors (Lipinski definition) is 1. The van der Waals surface area contributed by atoms with Gasteiger partial charge in [-0.15, -0.1) is 0 Å². The molecule has 0 heterocycles. The minimum atomic E-state index is -0.00833. The van der Waals surface area contributed by atoms with Crippen molar-refractivity contribution in [3.05, 3.63) is 54.1 Å². The molecule has 2 rings (SSSR count). The maximum Gasteiger partial charge on any atom is 0.224 e. The molecule has 0 fully saturated rings. The van der Waals surface area contributed by atoms with Gasteiger partial charge in [0.25, 0.3) is 0 Å². The molecule has 0 aliphatic heterocycles. The predicted octanol–water partition coefficient (Wildman–Crippen LogP) is 3.80.